The number of nitrogens with two attached hydrogens (primary N) is 1. The lowest BCUT2D eigenvalue weighted by molar-refractivity contribution is 1.11. The van der Waals surface area contributed by atoms with Crippen LogP contribution >= 0.6 is 0 Å². The van der Waals surface area contributed by atoms with E-state index in [1.54, 1.807) is 0 Å². The maximum atomic E-state index is 5.32. The quantitative estimate of drug-likeness (QED) is 0.462. The van der Waals surface area contributed by atoms with E-state index in [1.807, 2.05) is 6.08 Å². The first-order valence-corrected chi connectivity index (χ1v) is 2.08. The van der Waals surface area contributed by atoms with Crippen LogP contribution in [-0.4, -0.2) is 0 Å². The standard InChI is InChI=1S/C5H8N/c1-2-4-3-5(4)6/h2,4H,1,3,6H2. The molecule has 1 saturated carbocycles. The lowest BCUT2D eigenvalue weighted by atomic mass is 10.4. The van der Waals surface area contributed by atoms with Crippen LogP contribution in [0.4, 0.5) is 0 Å². The summed E-state index contributed by atoms with van der Waals surface area (Å²) in [6.07, 6.45) is 2.96. The van der Waals surface area contributed by atoms with Crippen molar-refractivity contribution in [2.75, 3.05) is 0 Å². The van der Waals surface area contributed by atoms with Gasteiger partial charge in [-0.3, -0.25) is 0 Å². The van der Waals surface area contributed by atoms with Gasteiger partial charge in [0.2, 0.25) is 0 Å². The lowest BCUT2D eigenvalue weighted by Crippen LogP contribution is -1.88. The Kier molecular flexibility index (Phi) is 0.701. The number of rotatable bonds is 1. The summed E-state index contributed by atoms with van der Waals surface area (Å²) in [6, 6.07) is 1.09. The second-order valence-electron chi connectivity index (χ2n) is 1.62. The van der Waals surface area contributed by atoms with Crippen molar-refractivity contribution < 1.29 is 0 Å². The summed E-state index contributed by atoms with van der Waals surface area (Å²) < 4.78 is 0. The van der Waals surface area contributed by atoms with Crippen LogP contribution in [0.25, 0.3) is 0 Å². The van der Waals surface area contributed by atoms with Gasteiger partial charge in [-0.1, -0.05) is 6.08 Å². The normalized spacial score (nSPS) is 33.2. The topological polar surface area (TPSA) is 26.0 Å². The van der Waals surface area contributed by atoms with E-state index in [1.165, 1.54) is 0 Å². The molecule has 33 valence electrons. The second-order valence-corrected chi connectivity index (χ2v) is 1.62. The Balaban J connectivity index is 2.25. The third-order valence-electron chi connectivity index (χ3n) is 1.06. The van der Waals surface area contributed by atoms with Gasteiger partial charge >= 0.3 is 0 Å². The first kappa shape index (κ1) is 3.88. The summed E-state index contributed by atoms with van der Waals surface area (Å²) in [7, 11) is 0. The zero-order chi connectivity index (χ0) is 4.57. The summed E-state index contributed by atoms with van der Waals surface area (Å²) in [5, 5.41) is 0. The zero-order valence-corrected chi connectivity index (χ0v) is 3.65. The minimum atomic E-state index is 0.560. The van der Waals surface area contributed by atoms with E-state index in [0.717, 1.165) is 12.5 Å². The molecule has 0 aromatic carbocycles. The van der Waals surface area contributed by atoms with Crippen LogP contribution in [0.3, 0.4) is 0 Å². The molecule has 0 aliphatic heterocycles. The second kappa shape index (κ2) is 1.09. The third-order valence-corrected chi connectivity index (χ3v) is 1.06. The molecule has 1 nitrogen and oxygen atoms in total. The smallest absolute Gasteiger partial charge is 0.0413 e. The van der Waals surface area contributed by atoms with Crippen molar-refractivity contribution >= 4 is 0 Å². The summed E-state index contributed by atoms with van der Waals surface area (Å²) in [5.41, 5.74) is 5.32. The van der Waals surface area contributed by atoms with Crippen molar-refractivity contribution in [3.05, 3.63) is 18.7 Å². The maximum absolute atomic E-state index is 5.32. The van der Waals surface area contributed by atoms with Gasteiger partial charge < -0.3 is 5.73 Å². The van der Waals surface area contributed by atoms with E-state index in [2.05, 4.69) is 6.58 Å². The molecule has 1 radical (unpaired) electrons. The fraction of sp³-hybridized carbons (Fsp3) is 0.400. The highest BCUT2D eigenvalue weighted by atomic mass is 14.7. The van der Waals surface area contributed by atoms with Crippen LogP contribution in [-0.2, 0) is 0 Å². The van der Waals surface area contributed by atoms with Crippen molar-refractivity contribution in [1.82, 2.24) is 0 Å². The van der Waals surface area contributed by atoms with Gasteiger partial charge in [0.1, 0.15) is 0 Å². The molecular weight excluding hydrogens is 74.1 g/mol. The first-order valence-electron chi connectivity index (χ1n) is 2.08. The highest BCUT2D eigenvalue weighted by molar-refractivity contribution is 5.16. The van der Waals surface area contributed by atoms with Crippen LogP contribution in [0.2, 0.25) is 0 Å². The molecule has 1 aliphatic carbocycles. The SMILES string of the molecule is C=CC1C[C]1N. The minimum absolute atomic E-state index is 0.560. The largest absolute Gasteiger partial charge is 0.323 e. The van der Waals surface area contributed by atoms with Gasteiger partial charge in [0, 0.05) is 6.04 Å². The van der Waals surface area contributed by atoms with Gasteiger partial charge in [0.05, 0.1) is 0 Å². The molecule has 1 heteroatoms. The Morgan fingerprint density at radius 1 is 2.00 bits per heavy atom. The molecule has 1 fully saturated rings. The molecule has 1 rings (SSSR count). The van der Waals surface area contributed by atoms with Gasteiger partial charge in [-0.25, -0.2) is 0 Å². The molecule has 0 bridgehead atoms. The Hall–Kier alpha value is -0.300. The number of hydrogen-bond acceptors (Lipinski definition) is 1. The van der Waals surface area contributed by atoms with Crippen molar-refractivity contribution in [1.29, 1.82) is 0 Å². The molecule has 1 unspecified atom stereocenters. The molecule has 2 N–H and O–H groups in total. The Morgan fingerprint density at radius 2 is 2.50 bits per heavy atom. The van der Waals surface area contributed by atoms with Crippen molar-refractivity contribution in [3.8, 4) is 0 Å². The fourth-order valence-electron chi connectivity index (χ4n) is 0.430. The monoisotopic (exact) mass is 82.1 g/mol. The van der Waals surface area contributed by atoms with Gasteiger partial charge in [-0.2, -0.15) is 0 Å². The van der Waals surface area contributed by atoms with Gasteiger partial charge in [0.15, 0.2) is 0 Å². The van der Waals surface area contributed by atoms with E-state index in [0.29, 0.717) is 5.92 Å². The lowest BCUT2D eigenvalue weighted by Gasteiger charge is -1.72. The summed E-state index contributed by atoms with van der Waals surface area (Å²) in [5.74, 6) is 0.560. The van der Waals surface area contributed by atoms with E-state index >= 15 is 0 Å². The first-order chi connectivity index (χ1) is 2.84. The highest BCUT2D eigenvalue weighted by Crippen LogP contribution is 2.35. The fourth-order valence-corrected chi connectivity index (χ4v) is 0.430. The van der Waals surface area contributed by atoms with Crippen molar-refractivity contribution in [3.63, 3.8) is 0 Å². The predicted molar refractivity (Wildman–Crippen MR) is 25.7 cm³/mol. The molecule has 0 saturated heterocycles. The van der Waals surface area contributed by atoms with E-state index in [9.17, 15) is 0 Å². The van der Waals surface area contributed by atoms with Crippen molar-refractivity contribution in [2.45, 2.75) is 6.42 Å². The molecule has 0 aromatic heterocycles. The van der Waals surface area contributed by atoms with Crippen molar-refractivity contribution in [2.24, 2.45) is 11.7 Å². The van der Waals surface area contributed by atoms with Gasteiger partial charge in [-0.15, -0.1) is 6.58 Å². The average Bonchev–Trinajstić information content (AvgIpc) is 2.19. The van der Waals surface area contributed by atoms with E-state index < -0.39 is 0 Å². The molecule has 1 aliphatic rings. The molecule has 1 atom stereocenters. The number of hydrogen-bond donors (Lipinski definition) is 1. The molecule has 0 aromatic rings. The van der Waals surface area contributed by atoms with Crippen LogP contribution in [0.15, 0.2) is 12.7 Å². The van der Waals surface area contributed by atoms with Crippen LogP contribution in [0.1, 0.15) is 6.42 Å². The average molecular weight is 82.1 g/mol. The molecule has 0 amide bonds. The molecule has 6 heavy (non-hydrogen) atoms. The highest BCUT2D eigenvalue weighted by Gasteiger charge is 2.30. The third kappa shape index (κ3) is 0.455. The Bertz CT molecular complexity index is 68.3. The maximum Gasteiger partial charge on any atom is 0.0413 e. The van der Waals surface area contributed by atoms with Gasteiger partial charge in [0.25, 0.3) is 0 Å². The summed E-state index contributed by atoms with van der Waals surface area (Å²) in [4.78, 5) is 0. The van der Waals surface area contributed by atoms with Gasteiger partial charge in [-0.05, 0) is 12.3 Å². The molecular formula is C5H8N. The predicted octanol–water partition coefficient (Wildman–Crippen LogP) is 0.683. The minimum Gasteiger partial charge on any atom is -0.323 e. The zero-order valence-electron chi connectivity index (χ0n) is 3.65. The molecule has 0 spiro atoms. The summed E-state index contributed by atoms with van der Waals surface area (Å²) in [6.45, 7) is 3.57. The summed E-state index contributed by atoms with van der Waals surface area (Å²) >= 11 is 0. The van der Waals surface area contributed by atoms with E-state index in [4.69, 9.17) is 5.73 Å². The Labute approximate surface area is 37.8 Å². The van der Waals surface area contributed by atoms with Crippen LogP contribution in [0, 0.1) is 12.0 Å². The van der Waals surface area contributed by atoms with E-state index in [-0.39, 0.29) is 0 Å². The Morgan fingerprint density at radius 3 is 2.50 bits per heavy atom. The molecule has 0 heterocycles. The van der Waals surface area contributed by atoms with Crippen LogP contribution in [0.5, 0.6) is 0 Å². The van der Waals surface area contributed by atoms with Crippen LogP contribution < -0.4 is 5.73 Å².